The quantitative estimate of drug-likeness (QED) is 0.397. The summed E-state index contributed by atoms with van der Waals surface area (Å²) in [5.74, 6) is 3.24. The average Bonchev–Trinajstić information content (AvgIpc) is 2.95. The summed E-state index contributed by atoms with van der Waals surface area (Å²) < 4.78 is 12.0. The number of para-hydroxylation sites is 2. The van der Waals surface area contributed by atoms with E-state index in [1.54, 1.807) is 18.6 Å². The van der Waals surface area contributed by atoms with E-state index in [9.17, 15) is 4.79 Å². The molecule has 2 aliphatic rings. The molecule has 1 aromatic carbocycles. The number of carboxylic acids is 1. The van der Waals surface area contributed by atoms with Crippen molar-refractivity contribution in [3.05, 3.63) is 48.9 Å². The number of carbonyl (C=O) groups is 1. The summed E-state index contributed by atoms with van der Waals surface area (Å²) in [4.78, 5) is 35.4. The highest BCUT2D eigenvalue weighted by Crippen LogP contribution is 2.30. The zero-order valence-electron chi connectivity index (χ0n) is 22.1. The molecule has 12 heteroatoms. The predicted octanol–water partition coefficient (Wildman–Crippen LogP) is 2.66. The van der Waals surface area contributed by atoms with Crippen LogP contribution < -0.4 is 24.6 Å². The molecule has 2 aliphatic heterocycles. The largest absolute Gasteiger partial charge is 0.490 e. The maximum atomic E-state index is 11.0. The number of piperazine rings is 1. The van der Waals surface area contributed by atoms with Gasteiger partial charge >= 0.3 is 5.97 Å². The van der Waals surface area contributed by atoms with Crippen molar-refractivity contribution in [2.24, 2.45) is 0 Å². The Labute approximate surface area is 227 Å². The first-order valence-electron chi connectivity index (χ1n) is 13.3. The summed E-state index contributed by atoms with van der Waals surface area (Å²) in [7, 11) is 0. The van der Waals surface area contributed by atoms with Crippen molar-refractivity contribution in [3.63, 3.8) is 0 Å². The summed E-state index contributed by atoms with van der Waals surface area (Å²) in [6, 6.07) is 9.63. The fraction of sp³-hybridized carbons (Fsp3) is 0.444. The van der Waals surface area contributed by atoms with Gasteiger partial charge in [0.15, 0.2) is 17.3 Å². The number of hydrogen-bond acceptors (Lipinski definition) is 11. The first-order valence-corrected chi connectivity index (χ1v) is 13.3. The van der Waals surface area contributed by atoms with Crippen LogP contribution in [0.2, 0.25) is 0 Å². The van der Waals surface area contributed by atoms with Gasteiger partial charge in [0, 0.05) is 38.9 Å². The van der Waals surface area contributed by atoms with Crippen LogP contribution in [-0.4, -0.2) is 94.4 Å². The number of aliphatic carboxylic acids is 1. The van der Waals surface area contributed by atoms with Crippen molar-refractivity contribution >= 4 is 29.4 Å². The lowest BCUT2D eigenvalue weighted by molar-refractivity contribution is -0.138. The van der Waals surface area contributed by atoms with Crippen LogP contribution in [0.4, 0.5) is 23.4 Å². The van der Waals surface area contributed by atoms with Crippen LogP contribution in [0.15, 0.2) is 48.9 Å². The lowest BCUT2D eigenvalue weighted by Crippen LogP contribution is -2.48. The molecule has 2 aromatic heterocycles. The third-order valence-corrected chi connectivity index (χ3v) is 6.70. The van der Waals surface area contributed by atoms with E-state index in [4.69, 9.17) is 19.6 Å². The van der Waals surface area contributed by atoms with E-state index in [1.807, 2.05) is 42.2 Å². The van der Waals surface area contributed by atoms with Crippen molar-refractivity contribution in [2.45, 2.75) is 25.9 Å². The number of piperidine rings is 1. The minimum Gasteiger partial charge on any atom is -0.490 e. The number of aromatic nitrogens is 4. The lowest BCUT2D eigenvalue weighted by atomic mass is 10.1. The van der Waals surface area contributed by atoms with E-state index in [2.05, 4.69) is 30.1 Å². The van der Waals surface area contributed by atoms with E-state index in [0.717, 1.165) is 42.5 Å². The Kier molecular flexibility index (Phi) is 8.51. The Morgan fingerprint density at radius 1 is 1.03 bits per heavy atom. The number of hydrogen-bond donors (Lipinski definition) is 2. The zero-order valence-corrected chi connectivity index (χ0v) is 22.1. The van der Waals surface area contributed by atoms with Gasteiger partial charge in [0.25, 0.3) is 0 Å². The SMILES string of the molecule is CCOc1ccccc1O[C@@H]1CCCN(c2cncc(Nc3nccc(N4CCN(CC(=O)O)CC4)n3)n2)C1. The molecule has 5 rings (SSSR count). The molecule has 2 fully saturated rings. The zero-order chi connectivity index (χ0) is 27.0. The molecule has 0 unspecified atom stereocenters. The topological polar surface area (TPSA) is 129 Å². The Morgan fingerprint density at radius 3 is 2.64 bits per heavy atom. The smallest absolute Gasteiger partial charge is 0.317 e. The van der Waals surface area contributed by atoms with Gasteiger partial charge in [-0.15, -0.1) is 0 Å². The van der Waals surface area contributed by atoms with Gasteiger partial charge in [-0.1, -0.05) is 12.1 Å². The Hall–Kier alpha value is -4.19. The second kappa shape index (κ2) is 12.6. The molecule has 0 aliphatic carbocycles. The fourth-order valence-corrected chi connectivity index (χ4v) is 4.84. The van der Waals surface area contributed by atoms with Gasteiger partial charge in [-0.25, -0.2) is 9.97 Å². The molecular weight excluding hydrogens is 500 g/mol. The third kappa shape index (κ3) is 7.02. The summed E-state index contributed by atoms with van der Waals surface area (Å²) >= 11 is 0. The highest BCUT2D eigenvalue weighted by atomic mass is 16.5. The molecule has 0 radical (unpaired) electrons. The molecule has 0 bridgehead atoms. The molecule has 2 saturated heterocycles. The monoisotopic (exact) mass is 534 g/mol. The molecule has 4 heterocycles. The second-order valence-electron chi connectivity index (χ2n) is 9.49. The number of ether oxygens (including phenoxy) is 2. The normalized spacial score (nSPS) is 18.0. The van der Waals surface area contributed by atoms with Crippen molar-refractivity contribution in [2.75, 3.05) is 67.5 Å². The van der Waals surface area contributed by atoms with E-state index < -0.39 is 5.97 Å². The lowest BCUT2D eigenvalue weighted by Gasteiger charge is -2.34. The van der Waals surface area contributed by atoms with Gasteiger partial charge in [-0.3, -0.25) is 14.7 Å². The highest BCUT2D eigenvalue weighted by molar-refractivity contribution is 5.69. The first-order chi connectivity index (χ1) is 19.1. The Balaban J connectivity index is 1.21. The molecule has 206 valence electrons. The minimum absolute atomic E-state index is 0.00903. The van der Waals surface area contributed by atoms with Gasteiger partial charge in [0.05, 0.1) is 32.1 Å². The summed E-state index contributed by atoms with van der Waals surface area (Å²) in [6.07, 6.45) is 7.06. The van der Waals surface area contributed by atoms with E-state index in [1.165, 1.54) is 0 Å². The summed E-state index contributed by atoms with van der Waals surface area (Å²) in [5.41, 5.74) is 0. The number of benzene rings is 1. The number of rotatable bonds is 10. The molecular formula is C27H34N8O4. The predicted molar refractivity (Wildman–Crippen MR) is 147 cm³/mol. The Morgan fingerprint density at radius 2 is 1.85 bits per heavy atom. The van der Waals surface area contributed by atoms with E-state index >= 15 is 0 Å². The molecule has 3 aromatic rings. The van der Waals surface area contributed by atoms with Crippen LogP contribution in [-0.2, 0) is 4.79 Å². The standard InChI is InChI=1S/C27H34N8O4/c1-2-38-21-7-3-4-8-22(21)39-20-6-5-11-35(18-20)25-17-28-16-23(30-25)31-27-29-10-9-24(32-27)34-14-12-33(13-15-34)19-26(36)37/h3-4,7-10,16-17,20H,2,5-6,11-15,18-19H2,1H3,(H,36,37)(H,29,30,31,32)/t20-/m1/s1. The average molecular weight is 535 g/mol. The molecule has 1 atom stereocenters. The van der Waals surface area contributed by atoms with Crippen LogP contribution in [0.25, 0.3) is 0 Å². The molecule has 39 heavy (non-hydrogen) atoms. The summed E-state index contributed by atoms with van der Waals surface area (Å²) in [5, 5.41) is 12.2. The highest BCUT2D eigenvalue weighted by Gasteiger charge is 2.24. The molecule has 12 nitrogen and oxygen atoms in total. The van der Waals surface area contributed by atoms with Crippen molar-refractivity contribution < 1.29 is 19.4 Å². The number of carboxylic acid groups (broad SMARTS) is 1. The molecule has 0 saturated carbocycles. The molecule has 0 spiro atoms. The van der Waals surface area contributed by atoms with Crippen molar-refractivity contribution in [3.8, 4) is 11.5 Å². The third-order valence-electron chi connectivity index (χ3n) is 6.70. The summed E-state index contributed by atoms with van der Waals surface area (Å²) in [6.45, 7) is 6.91. The molecule has 0 amide bonds. The van der Waals surface area contributed by atoms with Crippen LogP contribution in [0.5, 0.6) is 11.5 Å². The maximum absolute atomic E-state index is 11.0. The van der Waals surface area contributed by atoms with Gasteiger partial charge < -0.3 is 29.7 Å². The van der Waals surface area contributed by atoms with Crippen LogP contribution in [0.1, 0.15) is 19.8 Å². The maximum Gasteiger partial charge on any atom is 0.317 e. The Bertz CT molecular complexity index is 1250. The van der Waals surface area contributed by atoms with Crippen LogP contribution >= 0.6 is 0 Å². The number of nitrogens with one attached hydrogen (secondary N) is 1. The molecule has 2 N–H and O–H groups in total. The van der Waals surface area contributed by atoms with Gasteiger partial charge in [-0.05, 0) is 38.0 Å². The second-order valence-corrected chi connectivity index (χ2v) is 9.49. The van der Waals surface area contributed by atoms with Crippen LogP contribution in [0, 0.1) is 0 Å². The van der Waals surface area contributed by atoms with Gasteiger partial charge in [-0.2, -0.15) is 4.98 Å². The van der Waals surface area contributed by atoms with Gasteiger partial charge in [0.1, 0.15) is 17.7 Å². The first kappa shape index (κ1) is 26.4. The van der Waals surface area contributed by atoms with Crippen molar-refractivity contribution in [1.29, 1.82) is 0 Å². The minimum atomic E-state index is -0.806. The fourth-order valence-electron chi connectivity index (χ4n) is 4.84. The van der Waals surface area contributed by atoms with Crippen molar-refractivity contribution in [1.82, 2.24) is 24.8 Å². The van der Waals surface area contributed by atoms with E-state index in [-0.39, 0.29) is 12.6 Å². The number of anilines is 4. The number of nitrogens with zero attached hydrogens (tertiary/aromatic N) is 7. The van der Waals surface area contributed by atoms with Crippen LogP contribution in [0.3, 0.4) is 0 Å². The van der Waals surface area contributed by atoms with E-state index in [0.29, 0.717) is 51.1 Å². The van der Waals surface area contributed by atoms with Gasteiger partial charge in [0.2, 0.25) is 5.95 Å².